The number of rotatable bonds is 9. The second kappa shape index (κ2) is 16.3. The second-order valence-corrected chi connectivity index (χ2v) is 10.3. The molecule has 3 rings (SSSR count). The van der Waals surface area contributed by atoms with Crippen molar-refractivity contribution in [2.24, 2.45) is 11.8 Å². The van der Waals surface area contributed by atoms with Crippen molar-refractivity contribution in [1.82, 2.24) is 10.4 Å². The van der Waals surface area contributed by atoms with Crippen molar-refractivity contribution in [2.45, 2.75) is 99.6 Å². The Balaban J connectivity index is 0.000000449. The van der Waals surface area contributed by atoms with E-state index in [2.05, 4.69) is 48.4 Å². The fourth-order valence-corrected chi connectivity index (χ4v) is 4.66. The highest BCUT2D eigenvalue weighted by Crippen LogP contribution is 2.32. The molecule has 202 valence electrons. The molecule has 0 spiro atoms. The minimum atomic E-state index is -1.01. The van der Waals surface area contributed by atoms with Gasteiger partial charge in [0.25, 0.3) is 0 Å². The molecule has 2 unspecified atom stereocenters. The van der Waals surface area contributed by atoms with Crippen molar-refractivity contribution >= 4 is 16.8 Å². The van der Waals surface area contributed by atoms with Gasteiger partial charge in [0.15, 0.2) is 0 Å². The van der Waals surface area contributed by atoms with Crippen LogP contribution in [0.2, 0.25) is 0 Å². The molecule has 0 bridgehead atoms. The fraction of sp³-hybridized carbons (Fsp3) is 0.545. The third kappa shape index (κ3) is 9.63. The molecule has 37 heavy (non-hydrogen) atoms. The number of pyridine rings is 1. The maximum atomic E-state index is 13.9. The van der Waals surface area contributed by atoms with Crippen LogP contribution in [0.15, 0.2) is 36.5 Å². The minimum absolute atomic E-state index is 0.668. The van der Waals surface area contributed by atoms with Gasteiger partial charge in [-0.25, -0.2) is 9.82 Å². The number of unbranched alkanes of at least 4 members (excludes halogenated alkanes) is 1. The van der Waals surface area contributed by atoms with Gasteiger partial charge in [0.1, 0.15) is 6.17 Å². The number of anilines is 1. The smallest absolute Gasteiger partial charge is 0.122 e. The molecule has 3 nitrogen and oxygen atoms in total. The molecule has 1 aromatic heterocycles. The predicted molar refractivity (Wildman–Crippen MR) is 159 cm³/mol. The summed E-state index contributed by atoms with van der Waals surface area (Å²) >= 11 is 0. The van der Waals surface area contributed by atoms with Crippen LogP contribution in [0.4, 0.5) is 10.1 Å². The molecular weight excluding hydrogens is 457 g/mol. The van der Waals surface area contributed by atoms with Crippen molar-refractivity contribution < 1.29 is 4.39 Å². The molecule has 0 radical (unpaired) electrons. The van der Waals surface area contributed by atoms with Gasteiger partial charge < -0.3 is 5.43 Å². The van der Waals surface area contributed by atoms with E-state index in [9.17, 15) is 4.39 Å². The molecule has 2 N–H and O–H groups in total. The van der Waals surface area contributed by atoms with Crippen LogP contribution in [0.5, 0.6) is 0 Å². The first-order valence-corrected chi connectivity index (χ1v) is 14.2. The van der Waals surface area contributed by atoms with E-state index in [4.69, 9.17) is 0 Å². The molecule has 4 heteroatoms. The highest BCUT2D eigenvalue weighted by atomic mass is 19.1. The van der Waals surface area contributed by atoms with Crippen LogP contribution < -0.4 is 10.9 Å². The van der Waals surface area contributed by atoms with E-state index in [1.807, 2.05) is 51.1 Å². The fourth-order valence-electron chi connectivity index (χ4n) is 4.66. The van der Waals surface area contributed by atoms with E-state index >= 15 is 0 Å². The van der Waals surface area contributed by atoms with Gasteiger partial charge in [-0.15, -0.1) is 0 Å². The van der Waals surface area contributed by atoms with Crippen LogP contribution in [0.3, 0.4) is 0 Å². The molecule has 1 heterocycles. The van der Waals surface area contributed by atoms with Crippen molar-refractivity contribution in [3.05, 3.63) is 58.9 Å². The van der Waals surface area contributed by atoms with Crippen molar-refractivity contribution in [2.75, 3.05) is 12.0 Å². The summed E-state index contributed by atoms with van der Waals surface area (Å²) in [6.45, 7) is 15.3. The van der Waals surface area contributed by atoms with Crippen LogP contribution in [0.25, 0.3) is 11.1 Å². The third-order valence-corrected chi connectivity index (χ3v) is 7.36. The molecule has 0 amide bonds. The zero-order valence-corrected chi connectivity index (χ0v) is 24.2. The monoisotopic (exact) mass is 505 g/mol. The van der Waals surface area contributed by atoms with E-state index in [-0.39, 0.29) is 0 Å². The van der Waals surface area contributed by atoms with Gasteiger partial charge in [-0.3, -0.25) is 4.98 Å². The summed E-state index contributed by atoms with van der Waals surface area (Å²) in [6, 6.07) is 9.69. The number of hydrazine groups is 1. The number of allylic oxidation sites excluding steroid dienone is 2. The Morgan fingerprint density at radius 2 is 1.84 bits per heavy atom. The molecule has 1 aromatic carbocycles. The standard InChI is InChI=1S/C24H30FN3.C9H18/c1-6-8-9-10-22(23-15-20(19(5)25)12-11-17(23)3)18(4)24-14-13-21(16-26-24)28-27-7-2;1-3-8(2)9-6-4-5-7-9/h11-16,19,27-28H,6-8H2,1-5H3;8-9H,3-7H2,1-2H3/b22-18+;. The lowest BCUT2D eigenvalue weighted by Crippen LogP contribution is -2.20. The van der Waals surface area contributed by atoms with Gasteiger partial charge in [0.2, 0.25) is 0 Å². The van der Waals surface area contributed by atoms with Gasteiger partial charge in [0, 0.05) is 18.5 Å². The van der Waals surface area contributed by atoms with E-state index in [0.29, 0.717) is 5.56 Å². The Morgan fingerprint density at radius 1 is 1.11 bits per heavy atom. The number of nitrogens with zero attached hydrogens (tertiary/aromatic N) is 1. The summed E-state index contributed by atoms with van der Waals surface area (Å²) in [5, 5.41) is 0. The lowest BCUT2D eigenvalue weighted by molar-refractivity contribution is 0.357. The van der Waals surface area contributed by atoms with Crippen molar-refractivity contribution in [3.63, 3.8) is 0 Å². The summed E-state index contributed by atoms with van der Waals surface area (Å²) < 4.78 is 13.9. The summed E-state index contributed by atoms with van der Waals surface area (Å²) in [5.41, 5.74) is 12.5. The number of hydrogen-bond acceptors (Lipinski definition) is 3. The van der Waals surface area contributed by atoms with Gasteiger partial charge >= 0.3 is 0 Å². The topological polar surface area (TPSA) is 37.0 Å². The average Bonchev–Trinajstić information content (AvgIpc) is 3.45. The summed E-state index contributed by atoms with van der Waals surface area (Å²) in [6.07, 6.45) is 10.0. The second-order valence-electron chi connectivity index (χ2n) is 10.3. The third-order valence-electron chi connectivity index (χ3n) is 7.36. The zero-order chi connectivity index (χ0) is 27.2. The lowest BCUT2D eigenvalue weighted by Gasteiger charge is -2.15. The van der Waals surface area contributed by atoms with Crippen LogP contribution >= 0.6 is 0 Å². The molecule has 0 aliphatic heterocycles. The SMILES string of the molecule is CCC(C)C1CCCC1.CCCC#C/C(=C(/C)c1ccc(NNCC)cn1)c1cc(C(C)F)ccc1C. The zero-order valence-electron chi connectivity index (χ0n) is 24.2. The number of aromatic nitrogens is 1. The lowest BCUT2D eigenvalue weighted by atomic mass is 9.91. The van der Waals surface area contributed by atoms with Crippen LogP contribution in [0, 0.1) is 30.6 Å². The van der Waals surface area contributed by atoms with Gasteiger partial charge in [-0.05, 0) is 79.5 Å². The van der Waals surface area contributed by atoms with Crippen LogP contribution in [0.1, 0.15) is 115 Å². The van der Waals surface area contributed by atoms with E-state index in [1.54, 1.807) is 13.1 Å². The maximum absolute atomic E-state index is 13.9. The molecule has 1 aliphatic carbocycles. The van der Waals surface area contributed by atoms with E-state index in [1.165, 1.54) is 32.1 Å². The van der Waals surface area contributed by atoms with E-state index < -0.39 is 6.17 Å². The Labute approximate surface area is 225 Å². The van der Waals surface area contributed by atoms with Gasteiger partial charge in [0.05, 0.1) is 17.6 Å². The quantitative estimate of drug-likeness (QED) is 0.263. The Hall–Kier alpha value is -2.64. The molecule has 2 atom stereocenters. The molecule has 1 aliphatic rings. The number of halogens is 1. The number of hydrogen-bond donors (Lipinski definition) is 2. The predicted octanol–water partition coefficient (Wildman–Crippen LogP) is 9.31. The van der Waals surface area contributed by atoms with Crippen molar-refractivity contribution in [1.29, 1.82) is 0 Å². The van der Waals surface area contributed by atoms with E-state index in [0.717, 1.165) is 64.9 Å². The number of aryl methyl sites for hydroxylation is 1. The highest BCUT2D eigenvalue weighted by Gasteiger charge is 2.19. The largest absolute Gasteiger partial charge is 0.320 e. The number of nitrogens with one attached hydrogen (secondary N) is 2. The van der Waals surface area contributed by atoms with Crippen molar-refractivity contribution in [3.8, 4) is 11.8 Å². The Bertz CT molecular complexity index is 1040. The number of benzene rings is 1. The molecule has 0 saturated heterocycles. The number of alkyl halides is 1. The first kappa shape index (κ1) is 30.6. The first-order chi connectivity index (χ1) is 17.8. The first-order valence-electron chi connectivity index (χ1n) is 14.2. The minimum Gasteiger partial charge on any atom is -0.320 e. The maximum Gasteiger partial charge on any atom is 0.122 e. The normalized spacial score (nSPS) is 15.6. The summed E-state index contributed by atoms with van der Waals surface area (Å²) in [7, 11) is 0. The molecule has 1 saturated carbocycles. The van der Waals surface area contributed by atoms with Crippen LogP contribution in [-0.4, -0.2) is 11.5 Å². The molecule has 1 fully saturated rings. The van der Waals surface area contributed by atoms with Gasteiger partial charge in [-0.1, -0.05) is 83.8 Å². The highest BCUT2D eigenvalue weighted by molar-refractivity contribution is 5.97. The summed E-state index contributed by atoms with van der Waals surface area (Å²) in [5.74, 6) is 8.65. The average molecular weight is 506 g/mol. The molecule has 2 aromatic rings. The summed E-state index contributed by atoms with van der Waals surface area (Å²) in [4.78, 5) is 4.59. The molecular formula is C33H48FN3. The Kier molecular flexibility index (Phi) is 13.4. The van der Waals surface area contributed by atoms with Gasteiger partial charge in [-0.2, -0.15) is 0 Å². The van der Waals surface area contributed by atoms with Crippen LogP contribution in [-0.2, 0) is 0 Å². The Morgan fingerprint density at radius 3 is 2.41 bits per heavy atom.